The maximum absolute atomic E-state index is 10.6. The lowest BCUT2D eigenvalue weighted by Crippen LogP contribution is -2.56. The van der Waals surface area contributed by atoms with Gasteiger partial charge in [-0.05, 0) is 85.8 Å². The van der Waals surface area contributed by atoms with E-state index in [0.29, 0.717) is 5.56 Å². The minimum Gasteiger partial charge on any atom is -0.192 e. The fourth-order valence-corrected chi connectivity index (χ4v) is 8.24. The molecule has 7 rings (SSSR count). The van der Waals surface area contributed by atoms with Crippen LogP contribution >= 0.6 is 0 Å². The maximum Gasteiger partial charge on any atom is 0.244 e. The van der Waals surface area contributed by atoms with E-state index in [0.717, 1.165) is 33.0 Å². The van der Waals surface area contributed by atoms with Crippen LogP contribution in [0.3, 0.4) is 0 Å². The van der Waals surface area contributed by atoms with Gasteiger partial charge < -0.3 is 0 Å². The molecule has 0 fully saturated rings. The van der Waals surface area contributed by atoms with Gasteiger partial charge in [-0.2, -0.15) is 5.26 Å². The lowest BCUT2D eigenvalue weighted by Gasteiger charge is -2.28. The Morgan fingerprint density at radius 1 is 0.447 bits per heavy atom. The number of benzene rings is 7. The lowest BCUT2D eigenvalue weighted by molar-refractivity contribution is 1.34. The molecule has 0 heterocycles. The van der Waals surface area contributed by atoms with Gasteiger partial charge in [-0.1, -0.05) is 165 Å². The smallest absolute Gasteiger partial charge is 0.192 e. The summed E-state index contributed by atoms with van der Waals surface area (Å²) in [5.74, 6) is 0. The van der Waals surface area contributed by atoms with Gasteiger partial charge in [0.25, 0.3) is 0 Å². The Balaban J connectivity index is 1.70. The van der Waals surface area contributed by atoms with Crippen molar-refractivity contribution in [3.63, 3.8) is 0 Å². The van der Waals surface area contributed by atoms with Crippen LogP contribution in [-0.2, 0) is 0 Å². The zero-order chi connectivity index (χ0) is 32.8. The number of aryl methyl sites for hydroxylation is 6. The molecule has 0 aliphatic rings. The standard InChI is InChI=1S/C45H38BN/c1-28-23-30(3)43(31(4)24-28)46(44-32(5)25-29(2)26-33(44)6)45-39-20-12-10-18-37(39)42(38-19-11-13-21-40(38)45)41-35(27-47)17-14-22-36(41)34-15-8-7-9-16-34/h7-26H,1-6H3. The summed E-state index contributed by atoms with van der Waals surface area (Å²) < 4.78 is 0. The van der Waals surface area contributed by atoms with Crippen LogP contribution < -0.4 is 16.4 Å². The Morgan fingerprint density at radius 2 is 0.894 bits per heavy atom. The van der Waals surface area contributed by atoms with Crippen LogP contribution in [0, 0.1) is 52.9 Å². The Hall–Kier alpha value is -5.39. The summed E-state index contributed by atoms with van der Waals surface area (Å²) in [5.41, 5.74) is 16.8. The van der Waals surface area contributed by atoms with E-state index in [4.69, 9.17) is 0 Å². The predicted octanol–water partition coefficient (Wildman–Crippen LogP) is 9.57. The average Bonchev–Trinajstić information content (AvgIpc) is 3.06. The summed E-state index contributed by atoms with van der Waals surface area (Å²) >= 11 is 0. The van der Waals surface area contributed by atoms with Crippen molar-refractivity contribution in [1.82, 2.24) is 0 Å². The second-order valence-corrected chi connectivity index (χ2v) is 13.1. The minimum absolute atomic E-state index is 0.0138. The van der Waals surface area contributed by atoms with Crippen molar-refractivity contribution in [3.05, 3.63) is 160 Å². The highest BCUT2D eigenvalue weighted by Gasteiger charge is 2.32. The molecule has 0 aliphatic carbocycles. The van der Waals surface area contributed by atoms with Crippen LogP contribution in [0.5, 0.6) is 0 Å². The zero-order valence-corrected chi connectivity index (χ0v) is 28.1. The molecule has 0 aliphatic heterocycles. The quantitative estimate of drug-likeness (QED) is 0.142. The maximum atomic E-state index is 10.6. The SMILES string of the molecule is Cc1cc(C)c(B(c2c(C)cc(C)cc2C)c2c3ccccc3c(-c3c(C#N)cccc3-c3ccccc3)c3ccccc23)c(C)c1. The molecule has 7 aromatic carbocycles. The van der Waals surface area contributed by atoms with Crippen LogP contribution in [0.25, 0.3) is 43.8 Å². The van der Waals surface area contributed by atoms with Gasteiger partial charge in [0, 0.05) is 5.56 Å². The molecule has 7 aromatic rings. The topological polar surface area (TPSA) is 23.8 Å². The molecule has 2 heteroatoms. The van der Waals surface area contributed by atoms with E-state index in [1.165, 1.54) is 60.5 Å². The average molecular weight is 604 g/mol. The van der Waals surface area contributed by atoms with Gasteiger partial charge in [-0.25, -0.2) is 0 Å². The summed E-state index contributed by atoms with van der Waals surface area (Å²) in [6.07, 6.45) is 0. The first-order valence-corrected chi connectivity index (χ1v) is 16.5. The molecule has 47 heavy (non-hydrogen) atoms. The van der Waals surface area contributed by atoms with Crippen molar-refractivity contribution < 1.29 is 0 Å². The monoisotopic (exact) mass is 603 g/mol. The van der Waals surface area contributed by atoms with Gasteiger partial charge in [-0.3, -0.25) is 0 Å². The molecule has 0 spiro atoms. The van der Waals surface area contributed by atoms with Crippen molar-refractivity contribution >= 4 is 44.6 Å². The number of fused-ring (bicyclic) bond motifs is 2. The van der Waals surface area contributed by atoms with Crippen LogP contribution in [-0.4, -0.2) is 6.71 Å². The van der Waals surface area contributed by atoms with E-state index in [2.05, 4.69) is 151 Å². The van der Waals surface area contributed by atoms with E-state index in [9.17, 15) is 5.26 Å². The lowest BCUT2D eigenvalue weighted by atomic mass is 9.33. The number of hydrogen-bond donors (Lipinski definition) is 0. The second kappa shape index (κ2) is 12.1. The van der Waals surface area contributed by atoms with Crippen LogP contribution in [0.2, 0.25) is 0 Å². The van der Waals surface area contributed by atoms with Gasteiger partial charge in [0.05, 0.1) is 11.6 Å². The molecule has 0 N–H and O–H groups in total. The van der Waals surface area contributed by atoms with Crippen LogP contribution in [0.1, 0.15) is 38.9 Å². The van der Waals surface area contributed by atoms with E-state index in [1.807, 2.05) is 18.2 Å². The molecular weight excluding hydrogens is 565 g/mol. The van der Waals surface area contributed by atoms with E-state index < -0.39 is 0 Å². The first-order valence-electron chi connectivity index (χ1n) is 16.5. The van der Waals surface area contributed by atoms with Gasteiger partial charge >= 0.3 is 0 Å². The summed E-state index contributed by atoms with van der Waals surface area (Å²) in [6, 6.07) is 46.2. The van der Waals surface area contributed by atoms with E-state index in [1.54, 1.807) is 0 Å². The molecule has 0 bridgehead atoms. The van der Waals surface area contributed by atoms with E-state index >= 15 is 0 Å². The van der Waals surface area contributed by atoms with Gasteiger partial charge in [0.2, 0.25) is 6.71 Å². The zero-order valence-electron chi connectivity index (χ0n) is 28.1. The number of hydrogen-bond acceptors (Lipinski definition) is 1. The van der Waals surface area contributed by atoms with Crippen molar-refractivity contribution in [2.75, 3.05) is 0 Å². The molecular formula is C45H38BN. The molecule has 1 nitrogen and oxygen atoms in total. The highest BCUT2D eigenvalue weighted by Crippen LogP contribution is 2.42. The first kappa shape index (κ1) is 30.3. The van der Waals surface area contributed by atoms with Gasteiger partial charge in [-0.15, -0.1) is 0 Å². The van der Waals surface area contributed by atoms with Crippen molar-refractivity contribution in [2.45, 2.75) is 41.5 Å². The Bertz CT molecular complexity index is 2220. The van der Waals surface area contributed by atoms with Gasteiger partial charge in [0.1, 0.15) is 0 Å². The van der Waals surface area contributed by atoms with Crippen LogP contribution in [0.4, 0.5) is 0 Å². The van der Waals surface area contributed by atoms with Gasteiger partial charge in [0.15, 0.2) is 0 Å². The predicted molar refractivity (Wildman–Crippen MR) is 203 cm³/mol. The summed E-state index contributed by atoms with van der Waals surface area (Å²) in [7, 11) is 0. The number of nitriles is 1. The third-order valence-corrected chi connectivity index (χ3v) is 9.83. The Kier molecular flexibility index (Phi) is 7.79. The Morgan fingerprint density at radius 3 is 1.36 bits per heavy atom. The molecule has 0 saturated heterocycles. The molecule has 0 radical (unpaired) electrons. The fourth-order valence-electron chi connectivity index (χ4n) is 8.24. The third kappa shape index (κ3) is 5.13. The fraction of sp³-hybridized carbons (Fsp3) is 0.133. The third-order valence-electron chi connectivity index (χ3n) is 9.83. The highest BCUT2D eigenvalue weighted by molar-refractivity contribution is 6.99. The number of nitrogens with zero attached hydrogens (tertiary/aromatic N) is 1. The molecule has 0 aromatic heterocycles. The van der Waals surface area contributed by atoms with Crippen molar-refractivity contribution in [1.29, 1.82) is 5.26 Å². The summed E-state index contributed by atoms with van der Waals surface area (Å²) in [6.45, 7) is 13.5. The van der Waals surface area contributed by atoms with Crippen molar-refractivity contribution in [2.24, 2.45) is 0 Å². The number of rotatable bonds is 5. The second-order valence-electron chi connectivity index (χ2n) is 13.1. The molecule has 0 unspecified atom stereocenters. The summed E-state index contributed by atoms with van der Waals surface area (Å²) in [5, 5.41) is 15.3. The molecule has 0 saturated carbocycles. The highest BCUT2D eigenvalue weighted by atomic mass is 14.3. The molecule has 226 valence electrons. The normalized spacial score (nSPS) is 11.2. The van der Waals surface area contributed by atoms with Crippen molar-refractivity contribution in [3.8, 4) is 28.3 Å². The minimum atomic E-state index is 0.0138. The largest absolute Gasteiger partial charge is 0.244 e. The Labute approximate surface area is 279 Å². The molecule has 0 amide bonds. The van der Waals surface area contributed by atoms with E-state index in [-0.39, 0.29) is 6.71 Å². The molecule has 0 atom stereocenters. The summed E-state index contributed by atoms with van der Waals surface area (Å²) in [4.78, 5) is 0. The van der Waals surface area contributed by atoms with Crippen LogP contribution in [0.15, 0.2) is 121 Å². The first-order chi connectivity index (χ1) is 22.8.